The molecule has 1 saturated heterocycles. The lowest BCUT2D eigenvalue weighted by Gasteiger charge is -2.36. The number of carbonyl (C=O) groups is 2. The summed E-state index contributed by atoms with van der Waals surface area (Å²) >= 11 is 0. The lowest BCUT2D eigenvalue weighted by Crippen LogP contribution is -2.49. The topological polar surface area (TPSA) is 52.7 Å². The van der Waals surface area contributed by atoms with Crippen molar-refractivity contribution >= 4 is 17.5 Å². The molecule has 0 spiro atoms. The highest BCUT2D eigenvalue weighted by molar-refractivity contribution is 5.84. The molecule has 1 fully saturated rings. The van der Waals surface area contributed by atoms with Crippen molar-refractivity contribution in [2.24, 2.45) is 0 Å². The summed E-state index contributed by atoms with van der Waals surface area (Å²) in [7, 11) is 0. The van der Waals surface area contributed by atoms with Gasteiger partial charge in [0.05, 0.1) is 5.92 Å². The van der Waals surface area contributed by atoms with E-state index < -0.39 is 0 Å². The van der Waals surface area contributed by atoms with Gasteiger partial charge in [0, 0.05) is 44.8 Å². The first-order valence-corrected chi connectivity index (χ1v) is 10.2. The molecule has 3 rings (SSSR count). The molecule has 29 heavy (non-hydrogen) atoms. The minimum absolute atomic E-state index is 0.0346. The van der Waals surface area contributed by atoms with Crippen LogP contribution in [0.4, 0.5) is 10.1 Å². The molecule has 2 aromatic rings. The molecule has 1 atom stereocenters. The summed E-state index contributed by atoms with van der Waals surface area (Å²) in [6.07, 6.45) is 1.02. The fraction of sp³-hybridized carbons (Fsp3) is 0.391. The van der Waals surface area contributed by atoms with E-state index in [1.165, 1.54) is 12.1 Å². The van der Waals surface area contributed by atoms with Gasteiger partial charge in [0.1, 0.15) is 5.82 Å². The highest BCUT2D eigenvalue weighted by Crippen LogP contribution is 2.19. The van der Waals surface area contributed by atoms with Crippen LogP contribution < -0.4 is 10.2 Å². The summed E-state index contributed by atoms with van der Waals surface area (Å²) in [4.78, 5) is 29.0. The zero-order valence-electron chi connectivity index (χ0n) is 16.8. The number of benzene rings is 2. The van der Waals surface area contributed by atoms with E-state index in [-0.39, 0.29) is 23.5 Å². The Morgan fingerprint density at radius 3 is 2.28 bits per heavy atom. The zero-order chi connectivity index (χ0) is 20.6. The molecular formula is C23H28FN3O2. The Morgan fingerprint density at radius 1 is 1.00 bits per heavy atom. The maximum atomic E-state index is 13.1. The number of carbonyl (C=O) groups excluding carboxylic acids is 2. The van der Waals surface area contributed by atoms with Crippen molar-refractivity contribution in [1.82, 2.24) is 10.2 Å². The minimum atomic E-state index is -0.248. The SMILES string of the molecule is CCC(C(=O)NCCC(=O)N1CCN(c2ccc(F)cc2)CC1)c1ccccc1. The maximum absolute atomic E-state index is 13.1. The number of halogens is 1. The number of hydrogen-bond acceptors (Lipinski definition) is 3. The summed E-state index contributed by atoms with van der Waals surface area (Å²) in [6.45, 7) is 5.03. The first-order valence-electron chi connectivity index (χ1n) is 10.2. The van der Waals surface area contributed by atoms with Crippen LogP contribution in [0.5, 0.6) is 0 Å². The van der Waals surface area contributed by atoms with Crippen LogP contribution >= 0.6 is 0 Å². The van der Waals surface area contributed by atoms with Crippen LogP contribution in [0.15, 0.2) is 54.6 Å². The average Bonchev–Trinajstić information content (AvgIpc) is 2.75. The minimum Gasteiger partial charge on any atom is -0.368 e. The third-order valence-corrected chi connectivity index (χ3v) is 5.39. The van der Waals surface area contributed by atoms with Crippen molar-refractivity contribution in [1.29, 1.82) is 0 Å². The number of anilines is 1. The lowest BCUT2D eigenvalue weighted by atomic mass is 9.96. The average molecular weight is 397 g/mol. The molecule has 5 nitrogen and oxygen atoms in total. The van der Waals surface area contributed by atoms with E-state index in [4.69, 9.17) is 0 Å². The molecule has 0 radical (unpaired) electrons. The Kier molecular flexibility index (Phi) is 7.22. The Morgan fingerprint density at radius 2 is 1.66 bits per heavy atom. The van der Waals surface area contributed by atoms with Crippen molar-refractivity contribution in [3.63, 3.8) is 0 Å². The van der Waals surface area contributed by atoms with Crippen molar-refractivity contribution in [2.75, 3.05) is 37.6 Å². The zero-order valence-corrected chi connectivity index (χ0v) is 16.8. The van der Waals surface area contributed by atoms with Gasteiger partial charge in [-0.3, -0.25) is 9.59 Å². The quantitative estimate of drug-likeness (QED) is 0.781. The molecule has 1 N–H and O–H groups in total. The fourth-order valence-electron chi connectivity index (χ4n) is 3.70. The number of nitrogens with zero attached hydrogens (tertiary/aromatic N) is 2. The van der Waals surface area contributed by atoms with Gasteiger partial charge >= 0.3 is 0 Å². The van der Waals surface area contributed by atoms with E-state index in [0.717, 1.165) is 30.8 Å². The maximum Gasteiger partial charge on any atom is 0.227 e. The third kappa shape index (κ3) is 5.56. The molecule has 1 aliphatic rings. The third-order valence-electron chi connectivity index (χ3n) is 5.39. The largest absolute Gasteiger partial charge is 0.368 e. The summed E-state index contributed by atoms with van der Waals surface area (Å²) in [5.41, 5.74) is 1.97. The van der Waals surface area contributed by atoms with Crippen molar-refractivity contribution < 1.29 is 14.0 Å². The summed E-state index contributed by atoms with van der Waals surface area (Å²) in [5.74, 6) is -0.419. The van der Waals surface area contributed by atoms with Gasteiger partial charge in [-0.15, -0.1) is 0 Å². The van der Waals surface area contributed by atoms with Crippen molar-refractivity contribution in [2.45, 2.75) is 25.7 Å². The molecule has 6 heteroatoms. The van der Waals surface area contributed by atoms with Gasteiger partial charge in [0.2, 0.25) is 11.8 Å². The van der Waals surface area contributed by atoms with Gasteiger partial charge in [0.15, 0.2) is 0 Å². The molecule has 0 bridgehead atoms. The second-order valence-corrected chi connectivity index (χ2v) is 7.26. The van der Waals surface area contributed by atoms with Gasteiger partial charge in [-0.1, -0.05) is 37.3 Å². The molecule has 1 unspecified atom stereocenters. The highest BCUT2D eigenvalue weighted by atomic mass is 19.1. The normalized spacial score (nSPS) is 15.1. The Labute approximate surface area is 171 Å². The molecule has 0 saturated carbocycles. The van der Waals surface area contributed by atoms with Crippen molar-refractivity contribution in [3.05, 3.63) is 66.0 Å². The van der Waals surface area contributed by atoms with E-state index in [1.54, 1.807) is 12.1 Å². The van der Waals surface area contributed by atoms with Gasteiger partial charge in [-0.2, -0.15) is 0 Å². The van der Waals surface area contributed by atoms with Crippen LogP contribution in [0.3, 0.4) is 0 Å². The van der Waals surface area contributed by atoms with E-state index in [1.807, 2.05) is 42.2 Å². The van der Waals surface area contributed by atoms with E-state index in [0.29, 0.717) is 26.1 Å². The molecular weight excluding hydrogens is 369 g/mol. The van der Waals surface area contributed by atoms with E-state index >= 15 is 0 Å². The predicted molar refractivity (Wildman–Crippen MR) is 112 cm³/mol. The fourth-order valence-corrected chi connectivity index (χ4v) is 3.70. The molecule has 2 aromatic carbocycles. The first kappa shape index (κ1) is 20.8. The Hall–Kier alpha value is -2.89. The van der Waals surface area contributed by atoms with Crippen LogP contribution in [0.1, 0.15) is 31.2 Å². The highest BCUT2D eigenvalue weighted by Gasteiger charge is 2.22. The van der Waals surface area contributed by atoms with Gasteiger partial charge in [-0.05, 0) is 36.2 Å². The second-order valence-electron chi connectivity index (χ2n) is 7.26. The first-order chi connectivity index (χ1) is 14.1. The summed E-state index contributed by atoms with van der Waals surface area (Å²) < 4.78 is 13.1. The predicted octanol–water partition coefficient (Wildman–Crippen LogP) is 3.17. The van der Waals surface area contributed by atoms with Gasteiger partial charge in [-0.25, -0.2) is 4.39 Å². The second kappa shape index (κ2) is 10.0. The molecule has 1 heterocycles. The smallest absolute Gasteiger partial charge is 0.227 e. The van der Waals surface area contributed by atoms with Crippen LogP contribution in [0.2, 0.25) is 0 Å². The van der Waals surface area contributed by atoms with Crippen LogP contribution in [-0.2, 0) is 9.59 Å². The Bertz CT molecular complexity index is 803. The summed E-state index contributed by atoms with van der Waals surface area (Å²) in [6, 6.07) is 16.1. The molecule has 0 aliphatic carbocycles. The number of rotatable bonds is 7. The van der Waals surface area contributed by atoms with Crippen molar-refractivity contribution in [3.8, 4) is 0 Å². The lowest BCUT2D eigenvalue weighted by molar-refractivity contribution is -0.131. The van der Waals surface area contributed by atoms with Crippen LogP contribution in [-0.4, -0.2) is 49.4 Å². The molecule has 154 valence electrons. The van der Waals surface area contributed by atoms with Gasteiger partial charge in [0.25, 0.3) is 0 Å². The number of piperazine rings is 1. The van der Waals surface area contributed by atoms with Gasteiger partial charge < -0.3 is 15.1 Å². The number of amides is 2. The Balaban J connectivity index is 1.42. The van der Waals surface area contributed by atoms with E-state index in [9.17, 15) is 14.0 Å². The molecule has 1 aliphatic heterocycles. The van der Waals surface area contributed by atoms with E-state index in [2.05, 4.69) is 10.2 Å². The molecule has 2 amide bonds. The monoisotopic (exact) mass is 397 g/mol. The number of hydrogen-bond donors (Lipinski definition) is 1. The summed E-state index contributed by atoms with van der Waals surface area (Å²) in [5, 5.41) is 2.91. The molecule has 0 aromatic heterocycles. The number of nitrogens with one attached hydrogen (secondary N) is 1. The standard InChI is InChI=1S/C23H28FN3O2/c1-2-21(18-6-4-3-5-7-18)23(29)25-13-12-22(28)27-16-14-26(15-17-27)20-10-8-19(24)9-11-20/h3-11,21H,2,12-17H2,1H3,(H,25,29). The van der Waals surface area contributed by atoms with Crippen LogP contribution in [0, 0.1) is 5.82 Å². The van der Waals surface area contributed by atoms with Crippen LogP contribution in [0.25, 0.3) is 0 Å².